The number of amides is 2. The van der Waals surface area contributed by atoms with Crippen LogP contribution in [-0.4, -0.2) is 34.7 Å². The van der Waals surface area contributed by atoms with E-state index < -0.39 is 35.6 Å². The fourth-order valence-electron chi connectivity index (χ4n) is 2.89. The molecule has 172 valence electrons. The fraction of sp³-hybridized carbons (Fsp3) is 0.182. The first kappa shape index (κ1) is 23.7. The number of nitrogens with zero attached hydrogens (tertiary/aromatic N) is 2. The second kappa shape index (κ2) is 9.65. The van der Waals surface area contributed by atoms with Crippen molar-refractivity contribution >= 4 is 45.6 Å². The molecule has 9 nitrogen and oxygen atoms in total. The number of aromatic nitrogens is 1. The smallest absolute Gasteiger partial charge is 0.258 e. The number of benzene rings is 2. The summed E-state index contributed by atoms with van der Waals surface area (Å²) in [5, 5.41) is 0.254. The molecule has 11 heteroatoms. The lowest BCUT2D eigenvalue weighted by atomic mass is 10.1. The van der Waals surface area contributed by atoms with Gasteiger partial charge in [0.15, 0.2) is 11.2 Å². The average Bonchev–Trinajstić information content (AvgIpc) is 3.16. The molecule has 0 bridgehead atoms. The fourth-order valence-corrected chi connectivity index (χ4v) is 3.94. The number of hydrogen-bond donors (Lipinski definition) is 3. The third kappa shape index (κ3) is 5.26. The molecule has 2 aromatic carbocycles. The van der Waals surface area contributed by atoms with Crippen LogP contribution in [0.25, 0.3) is 0 Å². The molecule has 1 aromatic heterocycles. The van der Waals surface area contributed by atoms with Crippen molar-refractivity contribution in [3.05, 3.63) is 64.8 Å². The summed E-state index contributed by atoms with van der Waals surface area (Å²) in [7, 11) is 0. The lowest BCUT2D eigenvalue weighted by Gasteiger charge is -2.26. The summed E-state index contributed by atoms with van der Waals surface area (Å²) < 4.78 is 18.8. The lowest BCUT2D eigenvalue weighted by Crippen LogP contribution is -2.39. The van der Waals surface area contributed by atoms with Gasteiger partial charge in [0.05, 0.1) is 0 Å². The van der Waals surface area contributed by atoms with E-state index in [2.05, 4.69) is 4.98 Å². The monoisotopic (exact) mass is 471 g/mol. The Kier molecular flexibility index (Phi) is 6.92. The minimum absolute atomic E-state index is 0.0218. The highest BCUT2D eigenvalue weighted by Crippen LogP contribution is 2.36. The number of ether oxygens (including phenoxy) is 1. The lowest BCUT2D eigenvalue weighted by molar-refractivity contribution is -0.124. The van der Waals surface area contributed by atoms with Crippen molar-refractivity contribution in [3.63, 3.8) is 0 Å². The predicted octanol–water partition coefficient (Wildman–Crippen LogP) is 2.36. The van der Waals surface area contributed by atoms with Crippen molar-refractivity contribution in [3.8, 4) is 5.75 Å². The number of anilines is 3. The Bertz CT molecular complexity index is 1180. The summed E-state index contributed by atoms with van der Waals surface area (Å²) in [6, 6.07) is 10.7. The van der Waals surface area contributed by atoms with Gasteiger partial charge >= 0.3 is 0 Å². The van der Waals surface area contributed by atoms with Crippen LogP contribution in [0.4, 0.5) is 21.0 Å². The Morgan fingerprint density at radius 1 is 1.00 bits per heavy atom. The highest BCUT2D eigenvalue weighted by Gasteiger charge is 2.27. The Morgan fingerprint density at radius 2 is 1.61 bits per heavy atom. The van der Waals surface area contributed by atoms with E-state index in [-0.39, 0.29) is 15.8 Å². The van der Waals surface area contributed by atoms with Gasteiger partial charge in [-0.05, 0) is 62.4 Å². The van der Waals surface area contributed by atoms with Crippen LogP contribution in [0, 0.1) is 5.82 Å². The van der Waals surface area contributed by atoms with E-state index in [1.165, 1.54) is 60.4 Å². The zero-order valence-electron chi connectivity index (χ0n) is 17.8. The Balaban J connectivity index is 1.91. The second-order valence-corrected chi connectivity index (χ2v) is 8.13. The summed E-state index contributed by atoms with van der Waals surface area (Å²) in [4.78, 5) is 42.0. The van der Waals surface area contributed by atoms with Gasteiger partial charge in [-0.2, -0.15) is 0 Å². The first-order valence-electron chi connectivity index (χ1n) is 9.79. The molecule has 1 heterocycles. The Hall–Kier alpha value is -3.99. The molecule has 0 radical (unpaired) electrons. The SMILES string of the molecule is CC(Oc1ccc(C(=O)c2sc(N(c3ccc(F)cc3)C(C)C(N)=O)nc2N)cc1)C(N)=O. The highest BCUT2D eigenvalue weighted by molar-refractivity contribution is 7.18. The number of rotatable bonds is 9. The molecule has 0 aliphatic rings. The number of nitrogens with two attached hydrogens (primary N) is 3. The maximum atomic E-state index is 13.4. The van der Waals surface area contributed by atoms with Crippen LogP contribution in [-0.2, 0) is 9.59 Å². The van der Waals surface area contributed by atoms with E-state index in [4.69, 9.17) is 21.9 Å². The molecule has 2 atom stereocenters. The first-order chi connectivity index (χ1) is 15.6. The van der Waals surface area contributed by atoms with Gasteiger partial charge in [0.2, 0.25) is 11.7 Å². The van der Waals surface area contributed by atoms with E-state index in [1.807, 2.05) is 0 Å². The van der Waals surface area contributed by atoms with Crippen LogP contribution >= 0.6 is 11.3 Å². The highest BCUT2D eigenvalue weighted by atomic mass is 32.1. The summed E-state index contributed by atoms with van der Waals surface area (Å²) in [5.41, 5.74) is 17.5. The molecule has 33 heavy (non-hydrogen) atoms. The molecular weight excluding hydrogens is 449 g/mol. The normalized spacial score (nSPS) is 12.6. The molecule has 0 saturated heterocycles. The molecule has 3 rings (SSSR count). The standard InChI is InChI=1S/C22H22FN5O4S/c1-11(20(25)30)28(15-7-5-14(23)6-8-15)22-27-19(24)18(33-22)17(29)13-3-9-16(10-4-13)32-12(2)21(26)31/h3-12H,24H2,1-2H3,(H2,25,30)(H2,26,31). The topological polar surface area (TPSA) is 155 Å². The number of carbonyl (C=O) groups excluding carboxylic acids is 3. The average molecular weight is 472 g/mol. The Labute approximate surface area is 193 Å². The molecule has 2 unspecified atom stereocenters. The van der Waals surface area contributed by atoms with E-state index >= 15 is 0 Å². The van der Waals surface area contributed by atoms with Crippen molar-refractivity contribution in [2.75, 3.05) is 10.6 Å². The summed E-state index contributed by atoms with van der Waals surface area (Å²) in [6.07, 6.45) is -0.823. The van der Waals surface area contributed by atoms with Gasteiger partial charge in [-0.15, -0.1) is 0 Å². The summed E-state index contributed by atoms with van der Waals surface area (Å²) in [6.45, 7) is 3.08. The largest absolute Gasteiger partial charge is 0.481 e. The van der Waals surface area contributed by atoms with Gasteiger partial charge in [-0.25, -0.2) is 9.37 Å². The molecule has 0 spiro atoms. The van der Waals surface area contributed by atoms with E-state index in [0.717, 1.165) is 11.3 Å². The maximum Gasteiger partial charge on any atom is 0.258 e. The van der Waals surface area contributed by atoms with Crippen molar-refractivity contribution < 1.29 is 23.5 Å². The van der Waals surface area contributed by atoms with Crippen molar-refractivity contribution in [1.29, 1.82) is 0 Å². The maximum absolute atomic E-state index is 13.4. The zero-order valence-corrected chi connectivity index (χ0v) is 18.6. The van der Waals surface area contributed by atoms with E-state index in [9.17, 15) is 18.8 Å². The number of nitrogen functional groups attached to an aromatic ring is 1. The number of thiazole rings is 1. The Morgan fingerprint density at radius 3 is 2.15 bits per heavy atom. The van der Waals surface area contributed by atoms with Gasteiger partial charge in [0, 0.05) is 11.3 Å². The van der Waals surface area contributed by atoms with Crippen LogP contribution in [0.1, 0.15) is 29.1 Å². The molecule has 6 N–H and O–H groups in total. The van der Waals surface area contributed by atoms with Crippen molar-refractivity contribution in [2.45, 2.75) is 26.0 Å². The van der Waals surface area contributed by atoms with Gasteiger partial charge in [0.25, 0.3) is 5.91 Å². The molecule has 0 saturated carbocycles. The zero-order chi connectivity index (χ0) is 24.3. The summed E-state index contributed by atoms with van der Waals surface area (Å²) in [5.74, 6) is -1.74. The molecule has 3 aromatic rings. The van der Waals surface area contributed by atoms with Crippen molar-refractivity contribution in [1.82, 2.24) is 4.98 Å². The van der Waals surface area contributed by atoms with Crippen molar-refractivity contribution in [2.24, 2.45) is 11.5 Å². The van der Waals surface area contributed by atoms with Gasteiger partial charge in [0.1, 0.15) is 28.3 Å². The predicted molar refractivity (Wildman–Crippen MR) is 123 cm³/mol. The molecule has 2 amide bonds. The minimum Gasteiger partial charge on any atom is -0.481 e. The van der Waals surface area contributed by atoms with Gasteiger partial charge in [-0.3, -0.25) is 14.4 Å². The van der Waals surface area contributed by atoms with Gasteiger partial charge in [-0.1, -0.05) is 11.3 Å². The number of primary amides is 2. The van der Waals surface area contributed by atoms with E-state index in [1.54, 1.807) is 6.92 Å². The quantitative estimate of drug-likeness (QED) is 0.405. The van der Waals surface area contributed by atoms with Crippen LogP contribution in [0.15, 0.2) is 48.5 Å². The number of ketones is 1. The van der Waals surface area contributed by atoms with E-state index in [0.29, 0.717) is 17.0 Å². The molecule has 0 fully saturated rings. The summed E-state index contributed by atoms with van der Waals surface area (Å²) >= 11 is 0.980. The van der Waals surface area contributed by atoms with Crippen LogP contribution in [0.2, 0.25) is 0 Å². The number of carbonyl (C=O) groups is 3. The number of halogens is 1. The minimum atomic E-state index is -0.840. The molecule has 0 aliphatic heterocycles. The van der Waals surface area contributed by atoms with Gasteiger partial charge < -0.3 is 26.8 Å². The molecular formula is C22H22FN5O4S. The first-order valence-corrected chi connectivity index (χ1v) is 10.6. The second-order valence-electron chi connectivity index (χ2n) is 7.15. The molecule has 0 aliphatic carbocycles. The van der Waals surface area contributed by atoms with Crippen LogP contribution < -0.4 is 26.8 Å². The number of hydrogen-bond acceptors (Lipinski definition) is 8. The van der Waals surface area contributed by atoms with Crippen LogP contribution in [0.3, 0.4) is 0 Å². The van der Waals surface area contributed by atoms with Crippen LogP contribution in [0.5, 0.6) is 5.75 Å². The third-order valence-corrected chi connectivity index (χ3v) is 5.86. The third-order valence-electron chi connectivity index (χ3n) is 4.79.